The van der Waals surface area contributed by atoms with Gasteiger partial charge in [-0.2, -0.15) is 0 Å². The molecule has 0 bridgehead atoms. The number of halogens is 2. The molecule has 31 heavy (non-hydrogen) atoms. The Morgan fingerprint density at radius 3 is 2.52 bits per heavy atom. The lowest BCUT2D eigenvalue weighted by Gasteiger charge is -2.37. The summed E-state index contributed by atoms with van der Waals surface area (Å²) in [6.07, 6.45) is 0.882. The summed E-state index contributed by atoms with van der Waals surface area (Å²) in [5, 5.41) is 0. The minimum Gasteiger partial charge on any atom is -0.497 e. The van der Waals surface area contributed by atoms with E-state index < -0.39 is 0 Å². The summed E-state index contributed by atoms with van der Waals surface area (Å²) in [6.45, 7) is 6.79. The van der Waals surface area contributed by atoms with Gasteiger partial charge in [0.1, 0.15) is 17.4 Å². The topological polar surface area (TPSA) is 55.3 Å². The number of anilines is 1. The molecule has 7 heteroatoms. The first-order valence-corrected chi connectivity index (χ1v) is 9.98. The third-order valence-electron chi connectivity index (χ3n) is 5.84. The maximum Gasteiger partial charge on any atom is 0.230 e. The Bertz CT molecular complexity index is 1120. The number of aryl methyl sites for hydroxylation is 1. The number of rotatable bonds is 4. The SMILES string of the molecule is COc1ccc2c(c1)C(C)N(c1nc(C(=O)c3ccc(F)cc3)nc(C)c1C)CC2.Cl. The number of carbonyl (C=O) groups is 1. The lowest BCUT2D eigenvalue weighted by molar-refractivity contribution is 0.102. The Kier molecular flexibility index (Phi) is 6.60. The number of nitrogens with zero attached hydrogens (tertiary/aromatic N) is 3. The molecule has 1 aliphatic heterocycles. The minimum atomic E-state index is -0.385. The van der Waals surface area contributed by atoms with Crippen LogP contribution in [0.15, 0.2) is 42.5 Å². The Morgan fingerprint density at radius 1 is 1.13 bits per heavy atom. The third kappa shape index (κ3) is 4.26. The van der Waals surface area contributed by atoms with E-state index in [9.17, 15) is 9.18 Å². The zero-order valence-corrected chi connectivity index (χ0v) is 18.8. The Hall–Kier alpha value is -2.99. The van der Waals surface area contributed by atoms with Crippen molar-refractivity contribution in [2.75, 3.05) is 18.6 Å². The average Bonchev–Trinajstić information content (AvgIpc) is 2.76. The molecule has 1 atom stereocenters. The highest BCUT2D eigenvalue weighted by atomic mass is 35.5. The van der Waals surface area contributed by atoms with Crippen molar-refractivity contribution in [3.05, 3.63) is 82.1 Å². The smallest absolute Gasteiger partial charge is 0.230 e. The van der Waals surface area contributed by atoms with Crippen molar-refractivity contribution in [2.24, 2.45) is 0 Å². The van der Waals surface area contributed by atoms with E-state index in [1.807, 2.05) is 19.9 Å². The molecular weight excluding hydrogens is 417 g/mol. The molecule has 0 amide bonds. The molecule has 5 nitrogen and oxygen atoms in total. The molecule has 4 rings (SSSR count). The fraction of sp³-hybridized carbons (Fsp3) is 0.292. The van der Waals surface area contributed by atoms with Crippen LogP contribution in [0.25, 0.3) is 0 Å². The number of ketones is 1. The van der Waals surface area contributed by atoms with Crippen molar-refractivity contribution in [3.8, 4) is 5.75 Å². The standard InChI is InChI=1S/C24H24FN3O2.ClH/c1-14-15(2)26-23(22(29)18-5-8-19(25)9-6-18)27-24(14)28-12-11-17-7-10-20(30-4)13-21(17)16(28)3;/h5-10,13,16H,11-12H2,1-4H3;1H. The maximum atomic E-state index is 13.2. The predicted molar refractivity (Wildman–Crippen MR) is 121 cm³/mol. The predicted octanol–water partition coefficient (Wildman–Crippen LogP) is 5.02. The van der Waals surface area contributed by atoms with Gasteiger partial charge in [-0.1, -0.05) is 6.07 Å². The van der Waals surface area contributed by atoms with Crippen LogP contribution in [0.3, 0.4) is 0 Å². The van der Waals surface area contributed by atoms with Gasteiger partial charge >= 0.3 is 0 Å². The molecule has 2 aromatic carbocycles. The van der Waals surface area contributed by atoms with Crippen LogP contribution in [0.5, 0.6) is 5.75 Å². The summed E-state index contributed by atoms with van der Waals surface area (Å²) in [5.74, 6) is 1.01. The Morgan fingerprint density at radius 2 is 1.84 bits per heavy atom. The van der Waals surface area contributed by atoms with E-state index in [4.69, 9.17) is 4.74 Å². The molecule has 1 aromatic heterocycles. The van der Waals surface area contributed by atoms with Gasteiger partial charge in [0, 0.05) is 23.4 Å². The highest BCUT2D eigenvalue weighted by Gasteiger charge is 2.28. The van der Waals surface area contributed by atoms with Crippen LogP contribution < -0.4 is 9.64 Å². The van der Waals surface area contributed by atoms with Crippen LogP contribution in [0.4, 0.5) is 10.2 Å². The first kappa shape index (κ1) is 22.7. The number of aromatic nitrogens is 2. The van der Waals surface area contributed by atoms with Gasteiger partial charge in [-0.05, 0) is 74.7 Å². The largest absolute Gasteiger partial charge is 0.497 e. The molecule has 0 spiro atoms. The molecule has 1 aliphatic rings. The molecule has 0 saturated carbocycles. The van der Waals surface area contributed by atoms with Gasteiger partial charge in [-0.25, -0.2) is 14.4 Å². The second kappa shape index (κ2) is 9.02. The van der Waals surface area contributed by atoms with Crippen molar-refractivity contribution in [2.45, 2.75) is 33.2 Å². The second-order valence-corrected chi connectivity index (χ2v) is 7.60. The zero-order chi connectivity index (χ0) is 21.4. The van der Waals surface area contributed by atoms with E-state index in [0.29, 0.717) is 5.56 Å². The monoisotopic (exact) mass is 441 g/mol. The fourth-order valence-corrected chi connectivity index (χ4v) is 3.93. The number of methoxy groups -OCH3 is 1. The van der Waals surface area contributed by atoms with Gasteiger partial charge in [0.05, 0.1) is 13.2 Å². The zero-order valence-electron chi connectivity index (χ0n) is 18.0. The maximum absolute atomic E-state index is 13.2. The van der Waals surface area contributed by atoms with Crippen molar-refractivity contribution < 1.29 is 13.9 Å². The van der Waals surface area contributed by atoms with Crippen LogP contribution in [0.2, 0.25) is 0 Å². The summed E-state index contributed by atoms with van der Waals surface area (Å²) >= 11 is 0. The van der Waals surface area contributed by atoms with Gasteiger partial charge in [0.15, 0.2) is 0 Å². The summed E-state index contributed by atoms with van der Waals surface area (Å²) < 4.78 is 18.6. The second-order valence-electron chi connectivity index (χ2n) is 7.60. The van der Waals surface area contributed by atoms with E-state index in [1.54, 1.807) is 7.11 Å². The Labute approximate surface area is 187 Å². The Balaban J connectivity index is 0.00000272. The summed E-state index contributed by atoms with van der Waals surface area (Å²) in [6, 6.07) is 11.7. The number of hydrogen-bond donors (Lipinski definition) is 0. The molecule has 3 aromatic rings. The van der Waals surface area contributed by atoms with Crippen molar-refractivity contribution in [3.63, 3.8) is 0 Å². The van der Waals surface area contributed by atoms with Gasteiger partial charge < -0.3 is 9.64 Å². The van der Waals surface area contributed by atoms with Crippen LogP contribution >= 0.6 is 12.4 Å². The fourth-order valence-electron chi connectivity index (χ4n) is 3.93. The number of carbonyl (C=O) groups excluding carboxylic acids is 1. The molecule has 1 unspecified atom stereocenters. The van der Waals surface area contributed by atoms with E-state index in [2.05, 4.69) is 33.9 Å². The third-order valence-corrected chi connectivity index (χ3v) is 5.84. The van der Waals surface area contributed by atoms with Crippen molar-refractivity contribution in [1.29, 1.82) is 0 Å². The van der Waals surface area contributed by atoms with Gasteiger partial charge in [-0.3, -0.25) is 4.79 Å². The minimum absolute atomic E-state index is 0. The summed E-state index contributed by atoms with van der Waals surface area (Å²) in [5.41, 5.74) is 4.57. The lowest BCUT2D eigenvalue weighted by atomic mass is 9.93. The highest BCUT2D eigenvalue weighted by molar-refractivity contribution is 6.06. The first-order valence-electron chi connectivity index (χ1n) is 9.98. The number of ether oxygens (including phenoxy) is 1. The van der Waals surface area contributed by atoms with Gasteiger partial charge in [0.2, 0.25) is 11.6 Å². The average molecular weight is 442 g/mol. The molecule has 162 valence electrons. The van der Waals surface area contributed by atoms with E-state index >= 15 is 0 Å². The molecular formula is C24H25ClFN3O2. The summed E-state index contributed by atoms with van der Waals surface area (Å²) in [7, 11) is 1.66. The van der Waals surface area contributed by atoms with E-state index in [-0.39, 0.29) is 35.9 Å². The number of fused-ring (bicyclic) bond motifs is 1. The normalized spacial score (nSPS) is 15.1. The summed E-state index contributed by atoms with van der Waals surface area (Å²) in [4.78, 5) is 24.2. The van der Waals surface area contributed by atoms with Crippen LogP contribution in [-0.2, 0) is 6.42 Å². The van der Waals surface area contributed by atoms with E-state index in [0.717, 1.165) is 35.8 Å². The molecule has 0 radical (unpaired) electrons. The van der Waals surface area contributed by atoms with Crippen LogP contribution in [0.1, 0.15) is 51.5 Å². The van der Waals surface area contributed by atoms with Gasteiger partial charge in [-0.15, -0.1) is 12.4 Å². The molecule has 0 aliphatic carbocycles. The quantitative estimate of drug-likeness (QED) is 0.532. The van der Waals surface area contributed by atoms with Crippen molar-refractivity contribution in [1.82, 2.24) is 9.97 Å². The number of hydrogen-bond acceptors (Lipinski definition) is 5. The highest BCUT2D eigenvalue weighted by Crippen LogP contribution is 2.36. The van der Waals surface area contributed by atoms with Crippen LogP contribution in [-0.4, -0.2) is 29.4 Å². The first-order chi connectivity index (χ1) is 14.4. The molecule has 0 N–H and O–H groups in total. The molecule has 2 heterocycles. The van der Waals surface area contributed by atoms with E-state index in [1.165, 1.54) is 35.4 Å². The van der Waals surface area contributed by atoms with Crippen LogP contribution in [0, 0.1) is 19.7 Å². The lowest BCUT2D eigenvalue weighted by Crippen LogP contribution is -2.35. The van der Waals surface area contributed by atoms with Gasteiger partial charge in [0.25, 0.3) is 0 Å². The molecule has 0 fully saturated rings. The van der Waals surface area contributed by atoms with Crippen molar-refractivity contribution >= 4 is 24.0 Å². The number of benzene rings is 2. The molecule has 0 saturated heterocycles.